The molecule has 2 N–H and O–H groups in total. The lowest BCUT2D eigenvalue weighted by Gasteiger charge is -2.10. The van der Waals surface area contributed by atoms with Gasteiger partial charge in [0.1, 0.15) is 0 Å². The Balaban J connectivity index is 1.60. The molecule has 0 radical (unpaired) electrons. The van der Waals surface area contributed by atoms with Crippen molar-refractivity contribution in [1.29, 1.82) is 0 Å². The third-order valence-corrected chi connectivity index (χ3v) is 4.49. The van der Waals surface area contributed by atoms with Crippen LogP contribution in [0.15, 0.2) is 65.9 Å². The molecule has 0 aliphatic carbocycles. The highest BCUT2D eigenvalue weighted by Crippen LogP contribution is 2.15. The van der Waals surface area contributed by atoms with E-state index in [1.807, 2.05) is 18.2 Å². The Morgan fingerprint density at radius 3 is 2.63 bits per heavy atom. The third kappa shape index (κ3) is 5.28. The Kier molecular flexibility index (Phi) is 6.04. The molecule has 0 unspecified atom stereocenters. The standard InChI is InChI=1S/C22H24N4S/c1-16-6-4-7-19(13-16)15-26-11-5-8-20(26)14-23-25-22(27)24-21-10-9-17(2)12-18(21)3/h4-14H,15H2,1-3H3,(H2,24,25,27)/b23-14+. The summed E-state index contributed by atoms with van der Waals surface area (Å²) in [6.07, 6.45) is 3.84. The van der Waals surface area contributed by atoms with Crippen LogP contribution in [0.1, 0.15) is 27.9 Å². The molecule has 0 fully saturated rings. The zero-order chi connectivity index (χ0) is 19.2. The van der Waals surface area contributed by atoms with Crippen molar-refractivity contribution in [3.05, 3.63) is 88.7 Å². The van der Waals surface area contributed by atoms with E-state index in [9.17, 15) is 0 Å². The lowest BCUT2D eigenvalue weighted by atomic mass is 10.1. The first-order valence-electron chi connectivity index (χ1n) is 8.89. The van der Waals surface area contributed by atoms with Crippen molar-refractivity contribution in [2.45, 2.75) is 27.3 Å². The second kappa shape index (κ2) is 8.64. The molecule has 1 aromatic heterocycles. The molecular formula is C22H24N4S. The summed E-state index contributed by atoms with van der Waals surface area (Å²) in [4.78, 5) is 0. The SMILES string of the molecule is Cc1cccc(Cn2cccc2/C=N/NC(=S)Nc2ccc(C)cc2C)c1. The van der Waals surface area contributed by atoms with Crippen LogP contribution in [0.25, 0.3) is 0 Å². The maximum Gasteiger partial charge on any atom is 0.191 e. The number of hydrogen-bond donors (Lipinski definition) is 2. The molecule has 5 heteroatoms. The van der Waals surface area contributed by atoms with Crippen molar-refractivity contribution in [3.8, 4) is 0 Å². The normalized spacial score (nSPS) is 10.9. The second-order valence-corrected chi connectivity index (χ2v) is 7.10. The number of rotatable bonds is 5. The lowest BCUT2D eigenvalue weighted by Crippen LogP contribution is -2.24. The van der Waals surface area contributed by atoms with Crippen LogP contribution in [-0.2, 0) is 6.54 Å². The number of aromatic nitrogens is 1. The van der Waals surface area contributed by atoms with Crippen LogP contribution < -0.4 is 10.7 Å². The van der Waals surface area contributed by atoms with Crippen molar-refractivity contribution in [2.75, 3.05) is 5.32 Å². The van der Waals surface area contributed by atoms with Gasteiger partial charge in [0.2, 0.25) is 0 Å². The van der Waals surface area contributed by atoms with Gasteiger partial charge in [-0.15, -0.1) is 0 Å². The van der Waals surface area contributed by atoms with Crippen LogP contribution in [0, 0.1) is 20.8 Å². The van der Waals surface area contributed by atoms with Crippen LogP contribution in [0.5, 0.6) is 0 Å². The molecule has 27 heavy (non-hydrogen) atoms. The van der Waals surface area contributed by atoms with Gasteiger partial charge in [-0.1, -0.05) is 47.5 Å². The summed E-state index contributed by atoms with van der Waals surface area (Å²) in [5.41, 5.74) is 9.79. The van der Waals surface area contributed by atoms with Crippen molar-refractivity contribution >= 4 is 29.2 Å². The van der Waals surface area contributed by atoms with E-state index in [1.165, 1.54) is 16.7 Å². The van der Waals surface area contributed by atoms with Crippen molar-refractivity contribution in [2.24, 2.45) is 5.10 Å². The van der Waals surface area contributed by atoms with Crippen LogP contribution in [0.3, 0.4) is 0 Å². The molecule has 0 aliphatic rings. The van der Waals surface area contributed by atoms with Crippen LogP contribution >= 0.6 is 12.2 Å². The maximum absolute atomic E-state index is 5.33. The zero-order valence-electron chi connectivity index (χ0n) is 15.9. The highest BCUT2D eigenvalue weighted by molar-refractivity contribution is 7.80. The Bertz CT molecular complexity index is 972. The van der Waals surface area contributed by atoms with Crippen LogP contribution in [0.4, 0.5) is 5.69 Å². The summed E-state index contributed by atoms with van der Waals surface area (Å²) in [7, 11) is 0. The Morgan fingerprint density at radius 1 is 1.04 bits per heavy atom. The van der Waals surface area contributed by atoms with Gasteiger partial charge in [-0.2, -0.15) is 5.10 Å². The van der Waals surface area contributed by atoms with Gasteiger partial charge in [-0.05, 0) is 62.3 Å². The number of benzene rings is 2. The minimum atomic E-state index is 0.468. The predicted octanol–water partition coefficient (Wildman–Crippen LogP) is 4.78. The van der Waals surface area contributed by atoms with Gasteiger partial charge in [0.05, 0.1) is 11.9 Å². The first-order chi connectivity index (χ1) is 13.0. The zero-order valence-corrected chi connectivity index (χ0v) is 16.7. The van der Waals surface area contributed by atoms with Crippen molar-refractivity contribution < 1.29 is 0 Å². The largest absolute Gasteiger partial charge is 0.342 e. The summed E-state index contributed by atoms with van der Waals surface area (Å²) in [6.45, 7) is 7.04. The van der Waals surface area contributed by atoms with Gasteiger partial charge in [0.15, 0.2) is 5.11 Å². The number of anilines is 1. The van der Waals surface area contributed by atoms with E-state index in [2.05, 4.69) is 83.8 Å². The highest BCUT2D eigenvalue weighted by atomic mass is 32.1. The highest BCUT2D eigenvalue weighted by Gasteiger charge is 2.02. The van der Waals surface area contributed by atoms with Crippen molar-refractivity contribution in [1.82, 2.24) is 9.99 Å². The first kappa shape index (κ1) is 18.9. The summed E-state index contributed by atoms with van der Waals surface area (Å²) in [6, 6.07) is 18.8. The van der Waals surface area contributed by atoms with Crippen LogP contribution in [0.2, 0.25) is 0 Å². The maximum atomic E-state index is 5.33. The molecule has 3 aromatic rings. The molecule has 3 rings (SSSR count). The fourth-order valence-electron chi connectivity index (χ4n) is 2.96. The van der Waals surface area contributed by atoms with E-state index in [1.54, 1.807) is 6.21 Å². The Hall–Kier alpha value is -2.92. The van der Waals surface area contributed by atoms with E-state index in [0.717, 1.165) is 23.5 Å². The smallest absolute Gasteiger partial charge is 0.191 e. The monoisotopic (exact) mass is 376 g/mol. The number of nitrogens with zero attached hydrogens (tertiary/aromatic N) is 2. The minimum absolute atomic E-state index is 0.468. The molecule has 0 saturated carbocycles. The summed E-state index contributed by atoms with van der Waals surface area (Å²) < 4.78 is 2.15. The van der Waals surface area contributed by atoms with Gasteiger partial charge < -0.3 is 9.88 Å². The fourth-order valence-corrected chi connectivity index (χ4v) is 3.12. The quantitative estimate of drug-likeness (QED) is 0.382. The van der Waals surface area contributed by atoms with E-state index in [-0.39, 0.29) is 0 Å². The molecule has 2 aromatic carbocycles. The molecule has 0 saturated heterocycles. The molecule has 0 spiro atoms. The average Bonchev–Trinajstić information content (AvgIpc) is 3.04. The molecule has 0 atom stereocenters. The average molecular weight is 377 g/mol. The van der Waals surface area contributed by atoms with Gasteiger partial charge in [-0.25, -0.2) is 0 Å². The molecule has 4 nitrogen and oxygen atoms in total. The Labute approximate surface area is 165 Å². The number of aryl methyl sites for hydroxylation is 3. The second-order valence-electron chi connectivity index (χ2n) is 6.69. The topological polar surface area (TPSA) is 41.4 Å². The van der Waals surface area contributed by atoms with Gasteiger partial charge in [0, 0.05) is 18.4 Å². The number of thiocarbonyl (C=S) groups is 1. The molecule has 0 aliphatic heterocycles. The fraction of sp³-hybridized carbons (Fsp3) is 0.182. The van der Waals surface area contributed by atoms with Gasteiger partial charge >= 0.3 is 0 Å². The minimum Gasteiger partial charge on any atom is -0.342 e. The molecule has 138 valence electrons. The predicted molar refractivity (Wildman–Crippen MR) is 118 cm³/mol. The molecule has 0 amide bonds. The third-order valence-electron chi connectivity index (χ3n) is 4.29. The Morgan fingerprint density at radius 2 is 1.85 bits per heavy atom. The van der Waals surface area contributed by atoms with E-state index in [4.69, 9.17) is 12.2 Å². The molecule has 1 heterocycles. The van der Waals surface area contributed by atoms with Crippen LogP contribution in [-0.4, -0.2) is 15.9 Å². The van der Waals surface area contributed by atoms with E-state index in [0.29, 0.717) is 5.11 Å². The lowest BCUT2D eigenvalue weighted by molar-refractivity contribution is 0.798. The van der Waals surface area contributed by atoms with Gasteiger partial charge in [-0.3, -0.25) is 5.43 Å². The van der Waals surface area contributed by atoms with E-state index < -0.39 is 0 Å². The van der Waals surface area contributed by atoms with Crippen molar-refractivity contribution in [3.63, 3.8) is 0 Å². The number of nitrogens with one attached hydrogen (secondary N) is 2. The first-order valence-corrected chi connectivity index (χ1v) is 9.30. The summed E-state index contributed by atoms with van der Waals surface area (Å²) in [5.74, 6) is 0. The number of hydrogen-bond acceptors (Lipinski definition) is 2. The number of hydrazone groups is 1. The summed E-state index contributed by atoms with van der Waals surface area (Å²) >= 11 is 5.33. The molecule has 0 bridgehead atoms. The van der Waals surface area contributed by atoms with Gasteiger partial charge in [0.25, 0.3) is 0 Å². The van der Waals surface area contributed by atoms with E-state index >= 15 is 0 Å². The molecular weight excluding hydrogens is 352 g/mol. The summed E-state index contributed by atoms with van der Waals surface area (Å²) in [5, 5.41) is 7.92.